The van der Waals surface area contributed by atoms with Crippen LogP contribution in [0.15, 0.2) is 24.3 Å². The van der Waals surface area contributed by atoms with Gasteiger partial charge in [0.2, 0.25) is 12.3 Å². The fourth-order valence-electron chi connectivity index (χ4n) is 2.52. The monoisotopic (exact) mass is 362 g/mol. The lowest BCUT2D eigenvalue weighted by atomic mass is 10.0. The minimum atomic E-state index is -2.79. The van der Waals surface area contributed by atoms with Crippen LogP contribution in [0.5, 0.6) is 0 Å². The van der Waals surface area contributed by atoms with E-state index in [1.807, 2.05) is 0 Å². The van der Waals surface area contributed by atoms with Crippen LogP contribution in [0.1, 0.15) is 36.2 Å². The van der Waals surface area contributed by atoms with Crippen molar-refractivity contribution < 1.29 is 23.2 Å². The molecule has 0 heterocycles. The lowest BCUT2D eigenvalue weighted by molar-refractivity contribution is -0.122. The predicted octanol–water partition coefficient (Wildman–Crippen LogP) is 1.75. The molecule has 1 aliphatic rings. The smallest absolute Gasteiger partial charge is 0.251 e. The Bertz CT molecular complexity index is 765. The van der Waals surface area contributed by atoms with Crippen LogP contribution in [-0.2, 0) is 9.59 Å². The summed E-state index contributed by atoms with van der Waals surface area (Å²) in [6.07, 6.45) is -2.01. The largest absolute Gasteiger partial charge is 0.368 e. The zero-order valence-electron chi connectivity index (χ0n) is 14.5. The van der Waals surface area contributed by atoms with Gasteiger partial charge in [-0.05, 0) is 37.6 Å². The molecule has 0 radical (unpaired) electrons. The Morgan fingerprint density at radius 1 is 1.23 bits per heavy atom. The molecule has 7 heteroatoms. The number of Topliss-reactive ketones (excluding diaryl/α,β-unsaturated/α-hetero) is 1. The van der Waals surface area contributed by atoms with E-state index in [0.717, 1.165) is 13.3 Å². The van der Waals surface area contributed by atoms with Crippen LogP contribution in [0.4, 0.5) is 8.78 Å². The Morgan fingerprint density at radius 2 is 1.85 bits per heavy atom. The van der Waals surface area contributed by atoms with Crippen molar-refractivity contribution in [1.82, 2.24) is 5.32 Å². The van der Waals surface area contributed by atoms with Gasteiger partial charge >= 0.3 is 0 Å². The molecule has 5 nitrogen and oxygen atoms in total. The number of halogens is 2. The van der Waals surface area contributed by atoms with Gasteiger partial charge in [-0.15, -0.1) is 0 Å². The maximum atomic E-state index is 12.8. The summed E-state index contributed by atoms with van der Waals surface area (Å²) in [7, 11) is 0. The molecule has 26 heavy (non-hydrogen) atoms. The molecule has 1 aromatic rings. The molecule has 138 valence electrons. The number of hydrogen-bond donors (Lipinski definition) is 2. The van der Waals surface area contributed by atoms with E-state index in [2.05, 4.69) is 17.2 Å². The summed E-state index contributed by atoms with van der Waals surface area (Å²) in [6, 6.07) is 4.74. The molecular formula is C19H20F2N2O3. The van der Waals surface area contributed by atoms with E-state index in [9.17, 15) is 23.2 Å². The van der Waals surface area contributed by atoms with E-state index in [4.69, 9.17) is 5.73 Å². The Morgan fingerprint density at radius 3 is 2.31 bits per heavy atom. The molecule has 0 saturated heterocycles. The van der Waals surface area contributed by atoms with Crippen molar-refractivity contribution in [2.75, 3.05) is 0 Å². The van der Waals surface area contributed by atoms with Crippen molar-refractivity contribution in [3.05, 3.63) is 35.4 Å². The van der Waals surface area contributed by atoms with Gasteiger partial charge in [-0.1, -0.05) is 18.8 Å². The number of alkyl halides is 2. The van der Waals surface area contributed by atoms with E-state index in [1.165, 1.54) is 12.1 Å². The summed E-state index contributed by atoms with van der Waals surface area (Å²) in [4.78, 5) is 34.7. The van der Waals surface area contributed by atoms with Crippen molar-refractivity contribution in [2.45, 2.75) is 32.7 Å². The van der Waals surface area contributed by atoms with E-state index < -0.39 is 30.2 Å². The normalized spacial score (nSPS) is 20.5. The number of rotatable bonds is 6. The number of nitrogens with one attached hydrogen (secondary N) is 1. The first-order valence-corrected chi connectivity index (χ1v) is 8.21. The third-order valence-corrected chi connectivity index (χ3v) is 4.38. The lowest BCUT2D eigenvalue weighted by Crippen LogP contribution is -2.50. The molecule has 2 rings (SSSR count). The number of carbonyl (C=O) groups is 3. The van der Waals surface area contributed by atoms with Crippen molar-refractivity contribution in [3.8, 4) is 11.8 Å². The summed E-state index contributed by atoms with van der Waals surface area (Å²) in [6.45, 7) is 2.69. The van der Waals surface area contributed by atoms with Gasteiger partial charge in [-0.3, -0.25) is 14.4 Å². The Balaban J connectivity index is 2.01. The van der Waals surface area contributed by atoms with Crippen LogP contribution in [0.3, 0.4) is 0 Å². The van der Waals surface area contributed by atoms with Gasteiger partial charge < -0.3 is 11.1 Å². The summed E-state index contributed by atoms with van der Waals surface area (Å²) < 4.78 is 25.6. The maximum absolute atomic E-state index is 12.8. The summed E-state index contributed by atoms with van der Waals surface area (Å²) in [5, 5.41) is 2.24. The minimum absolute atomic E-state index is 0.0232. The van der Waals surface area contributed by atoms with Gasteiger partial charge in [0.25, 0.3) is 5.91 Å². The van der Waals surface area contributed by atoms with Gasteiger partial charge in [0.15, 0.2) is 0 Å². The van der Waals surface area contributed by atoms with E-state index in [-0.39, 0.29) is 23.2 Å². The highest BCUT2D eigenvalue weighted by Gasteiger charge is 2.39. The summed E-state index contributed by atoms with van der Waals surface area (Å²) >= 11 is 0. The van der Waals surface area contributed by atoms with Gasteiger partial charge in [-0.2, -0.15) is 0 Å². The van der Waals surface area contributed by atoms with Crippen LogP contribution in [-0.4, -0.2) is 30.1 Å². The highest BCUT2D eigenvalue weighted by molar-refractivity contribution is 5.97. The topological polar surface area (TPSA) is 89.3 Å². The fraction of sp³-hybridized carbons (Fsp3) is 0.421. The minimum Gasteiger partial charge on any atom is -0.368 e. The van der Waals surface area contributed by atoms with Crippen LogP contribution in [0.25, 0.3) is 0 Å². The average molecular weight is 362 g/mol. The Kier molecular flexibility index (Phi) is 6.09. The molecule has 2 amide bonds. The molecule has 1 aromatic carbocycles. The van der Waals surface area contributed by atoms with Crippen LogP contribution < -0.4 is 11.1 Å². The highest BCUT2D eigenvalue weighted by atomic mass is 19.3. The number of amides is 2. The third kappa shape index (κ3) is 4.88. The zero-order chi connectivity index (χ0) is 19.4. The zero-order valence-corrected chi connectivity index (χ0v) is 14.5. The molecule has 1 saturated carbocycles. The third-order valence-electron chi connectivity index (χ3n) is 4.38. The lowest BCUT2D eigenvalue weighted by Gasteiger charge is -2.21. The molecule has 0 bridgehead atoms. The van der Waals surface area contributed by atoms with E-state index in [0.29, 0.717) is 5.56 Å². The SMILES string of the molecule is CC(=O)C1CC1C#Cc1ccc(C(=O)NC(C(N)=O)C(C)C(F)F)cc1. The van der Waals surface area contributed by atoms with E-state index in [1.54, 1.807) is 19.1 Å². The fourth-order valence-corrected chi connectivity index (χ4v) is 2.52. The molecule has 0 spiro atoms. The average Bonchev–Trinajstić information content (AvgIpc) is 3.37. The molecular weight excluding hydrogens is 342 g/mol. The first kappa shape index (κ1) is 19.6. The van der Waals surface area contributed by atoms with Gasteiger partial charge in [0, 0.05) is 28.9 Å². The maximum Gasteiger partial charge on any atom is 0.251 e. The molecule has 1 aliphatic carbocycles. The summed E-state index contributed by atoms with van der Waals surface area (Å²) in [5.41, 5.74) is 5.98. The number of hydrogen-bond acceptors (Lipinski definition) is 3. The van der Waals surface area contributed by atoms with Gasteiger partial charge in [-0.25, -0.2) is 8.78 Å². The quantitative estimate of drug-likeness (QED) is 0.756. The van der Waals surface area contributed by atoms with Crippen LogP contribution in [0.2, 0.25) is 0 Å². The number of ketones is 1. The number of carbonyl (C=O) groups excluding carboxylic acids is 3. The second kappa shape index (κ2) is 8.09. The van der Waals surface area contributed by atoms with Crippen molar-refractivity contribution in [1.29, 1.82) is 0 Å². The molecule has 3 N–H and O–H groups in total. The molecule has 4 atom stereocenters. The Hall–Kier alpha value is -2.75. The number of nitrogens with two attached hydrogens (primary N) is 1. The van der Waals surface area contributed by atoms with E-state index >= 15 is 0 Å². The first-order chi connectivity index (χ1) is 12.2. The van der Waals surface area contributed by atoms with Crippen molar-refractivity contribution in [2.24, 2.45) is 23.5 Å². The standard InChI is InChI=1S/C19H20F2N2O3/c1-10(17(20)21)16(18(22)25)23-19(26)13-6-3-12(4-7-13)5-8-14-9-15(14)11(2)24/h3-4,6-7,10,14-17H,9H2,1-2H3,(H2,22,25)(H,23,26). The predicted molar refractivity (Wildman–Crippen MR) is 91.2 cm³/mol. The first-order valence-electron chi connectivity index (χ1n) is 8.21. The van der Waals surface area contributed by atoms with Gasteiger partial charge in [0.05, 0.1) is 0 Å². The van der Waals surface area contributed by atoms with Crippen LogP contribution in [0, 0.1) is 29.6 Å². The highest BCUT2D eigenvalue weighted by Crippen LogP contribution is 2.38. The molecule has 4 unspecified atom stereocenters. The molecule has 0 aromatic heterocycles. The molecule has 1 fully saturated rings. The van der Waals surface area contributed by atoms with Crippen molar-refractivity contribution in [3.63, 3.8) is 0 Å². The molecule has 0 aliphatic heterocycles. The second-order valence-corrected chi connectivity index (χ2v) is 6.45. The summed E-state index contributed by atoms with van der Waals surface area (Å²) in [5.74, 6) is 3.12. The number of primary amides is 1. The van der Waals surface area contributed by atoms with Gasteiger partial charge in [0.1, 0.15) is 11.8 Å². The Labute approximate surface area is 150 Å². The number of benzene rings is 1. The van der Waals surface area contributed by atoms with Crippen molar-refractivity contribution >= 4 is 17.6 Å². The van der Waals surface area contributed by atoms with Crippen LogP contribution >= 0.6 is 0 Å². The second-order valence-electron chi connectivity index (χ2n) is 6.45.